The van der Waals surface area contributed by atoms with Gasteiger partial charge in [-0.2, -0.15) is 0 Å². The highest BCUT2D eigenvalue weighted by atomic mass is 31.2. The van der Waals surface area contributed by atoms with Crippen molar-refractivity contribution in [3.05, 3.63) is 73.1 Å². The van der Waals surface area contributed by atoms with Gasteiger partial charge in [0.25, 0.3) is 0 Å². The Balaban J connectivity index is 4.37. The number of allylic oxidation sites excluding steroid dienone is 11. The molecular formula is C48H87NO7P+. The van der Waals surface area contributed by atoms with Crippen LogP contribution in [0, 0.1) is 0 Å². The average molecular weight is 821 g/mol. The molecule has 0 aromatic heterocycles. The van der Waals surface area contributed by atoms with Crippen LogP contribution in [0.5, 0.6) is 0 Å². The molecule has 1 N–H and O–H groups in total. The Bertz CT molecular complexity index is 1140. The maximum Gasteiger partial charge on any atom is 0.472 e. The number of rotatable bonds is 41. The molecule has 0 aromatic carbocycles. The minimum Gasteiger partial charge on any atom is -0.498 e. The van der Waals surface area contributed by atoms with Crippen LogP contribution >= 0.6 is 7.82 Å². The number of carbonyl (C=O) groups is 1. The summed E-state index contributed by atoms with van der Waals surface area (Å²) >= 11 is 0. The molecule has 0 spiro atoms. The maximum absolute atomic E-state index is 12.7. The van der Waals surface area contributed by atoms with Crippen molar-refractivity contribution < 1.29 is 37.3 Å². The second kappa shape index (κ2) is 40.6. The van der Waals surface area contributed by atoms with Gasteiger partial charge < -0.3 is 18.9 Å². The molecule has 0 radical (unpaired) electrons. The minimum absolute atomic E-state index is 0.0281. The Morgan fingerprint density at radius 1 is 0.561 bits per heavy atom. The van der Waals surface area contributed by atoms with Crippen molar-refractivity contribution in [3.8, 4) is 0 Å². The lowest BCUT2D eigenvalue weighted by atomic mass is 10.1. The van der Waals surface area contributed by atoms with E-state index >= 15 is 0 Å². The van der Waals surface area contributed by atoms with Gasteiger partial charge in [0.05, 0.1) is 34.0 Å². The predicted molar refractivity (Wildman–Crippen MR) is 242 cm³/mol. The molecule has 8 nitrogen and oxygen atoms in total. The summed E-state index contributed by atoms with van der Waals surface area (Å²) in [6.45, 7) is 4.83. The number of nitrogens with zero attached hydrogens (tertiary/aromatic N) is 1. The van der Waals surface area contributed by atoms with Crippen LogP contribution in [-0.2, 0) is 27.9 Å². The third kappa shape index (κ3) is 44.7. The number of hydrogen-bond acceptors (Lipinski definition) is 6. The number of unbranched alkanes of at least 4 members (excludes halogenated alkanes) is 17. The Morgan fingerprint density at radius 2 is 0.982 bits per heavy atom. The maximum atomic E-state index is 12.7. The highest BCUT2D eigenvalue weighted by molar-refractivity contribution is 7.47. The van der Waals surface area contributed by atoms with Gasteiger partial charge in [-0.25, -0.2) is 4.57 Å². The topological polar surface area (TPSA) is 91.3 Å². The highest BCUT2D eigenvalue weighted by Gasteiger charge is 2.26. The molecule has 0 bridgehead atoms. The molecule has 0 saturated heterocycles. The molecular weight excluding hydrogens is 734 g/mol. The minimum atomic E-state index is -4.31. The summed E-state index contributed by atoms with van der Waals surface area (Å²) in [4.78, 5) is 22.9. The van der Waals surface area contributed by atoms with Crippen LogP contribution < -0.4 is 0 Å². The fraction of sp³-hybridized carbons (Fsp3) is 0.729. The first-order valence-corrected chi connectivity index (χ1v) is 24.2. The molecule has 0 saturated carbocycles. The second-order valence-electron chi connectivity index (χ2n) is 16.1. The van der Waals surface area contributed by atoms with E-state index in [0.717, 1.165) is 51.4 Å². The lowest BCUT2D eigenvalue weighted by Gasteiger charge is -2.24. The first-order chi connectivity index (χ1) is 27.6. The van der Waals surface area contributed by atoms with Crippen LogP contribution in [0.2, 0.25) is 0 Å². The number of hydrogen-bond donors (Lipinski definition) is 1. The Labute approximate surface area is 351 Å². The Kier molecular flexibility index (Phi) is 39.0. The first kappa shape index (κ1) is 54.8. The van der Waals surface area contributed by atoms with E-state index < -0.39 is 13.9 Å². The number of esters is 1. The van der Waals surface area contributed by atoms with Crippen molar-refractivity contribution in [2.45, 2.75) is 180 Å². The fourth-order valence-electron chi connectivity index (χ4n) is 5.73. The van der Waals surface area contributed by atoms with Crippen molar-refractivity contribution in [2.24, 2.45) is 0 Å². The van der Waals surface area contributed by atoms with Gasteiger partial charge >= 0.3 is 13.8 Å². The Hall–Kier alpha value is -2.22. The summed E-state index contributed by atoms with van der Waals surface area (Å²) in [6.07, 6.45) is 53.1. The molecule has 2 atom stereocenters. The second-order valence-corrected chi connectivity index (χ2v) is 17.6. The zero-order valence-corrected chi connectivity index (χ0v) is 38.2. The van der Waals surface area contributed by atoms with E-state index in [9.17, 15) is 14.3 Å². The molecule has 0 heterocycles. The first-order valence-electron chi connectivity index (χ1n) is 22.7. The number of likely N-dealkylation sites (N-methyl/N-ethyl adjacent to an activating group) is 1. The third-order valence-corrected chi connectivity index (χ3v) is 10.3. The molecule has 0 aliphatic carbocycles. The molecule has 9 heteroatoms. The number of quaternary nitrogens is 1. The molecule has 0 fully saturated rings. The molecule has 2 unspecified atom stereocenters. The summed E-state index contributed by atoms with van der Waals surface area (Å²) in [5.74, 6) is -0.369. The summed E-state index contributed by atoms with van der Waals surface area (Å²) in [5, 5.41) is 0. The third-order valence-electron chi connectivity index (χ3n) is 9.30. The summed E-state index contributed by atoms with van der Waals surface area (Å²) in [7, 11) is 1.60. The normalized spacial score (nSPS) is 14.4. The zero-order valence-electron chi connectivity index (χ0n) is 37.3. The van der Waals surface area contributed by atoms with E-state index in [1.807, 2.05) is 27.2 Å². The molecule has 0 aliphatic rings. The zero-order chi connectivity index (χ0) is 42.0. The van der Waals surface area contributed by atoms with Crippen molar-refractivity contribution in [1.82, 2.24) is 0 Å². The van der Waals surface area contributed by atoms with Crippen molar-refractivity contribution >= 4 is 13.8 Å². The lowest BCUT2D eigenvalue weighted by Crippen LogP contribution is -2.37. The number of ether oxygens (including phenoxy) is 2. The average Bonchev–Trinajstić information content (AvgIpc) is 3.16. The molecule has 0 aliphatic heterocycles. The van der Waals surface area contributed by atoms with E-state index in [1.165, 1.54) is 96.3 Å². The van der Waals surface area contributed by atoms with Gasteiger partial charge in [-0.3, -0.25) is 13.8 Å². The van der Waals surface area contributed by atoms with E-state index in [0.29, 0.717) is 17.4 Å². The van der Waals surface area contributed by atoms with Crippen LogP contribution in [0.3, 0.4) is 0 Å². The van der Waals surface area contributed by atoms with Crippen molar-refractivity contribution in [1.29, 1.82) is 0 Å². The molecule has 0 amide bonds. The van der Waals surface area contributed by atoms with E-state index in [-0.39, 0.29) is 32.2 Å². The van der Waals surface area contributed by atoms with Gasteiger partial charge in [-0.1, -0.05) is 139 Å². The van der Waals surface area contributed by atoms with Crippen LogP contribution in [0.4, 0.5) is 0 Å². The largest absolute Gasteiger partial charge is 0.498 e. The molecule has 0 rings (SSSR count). The number of phosphoric ester groups is 1. The van der Waals surface area contributed by atoms with Gasteiger partial charge in [0.15, 0.2) is 6.10 Å². The SMILES string of the molecule is CCCCC/C=C\C/C=C\C/C=C\C/C=C\CCCCCC(=O)OC(CO/C=C\CCCCCCCC/C=C\CCCCCC)COP(=O)(O)OCC[N+](C)(C)C. The standard InChI is InChI=1S/C48H86NO7P/c1-6-8-10-12-14-16-18-20-22-24-25-26-27-29-31-33-35-37-39-41-48(50)56-47(46-55-57(51,52)54-44-42-49(3,4)5)45-53-43-40-38-36-34-32-30-28-23-21-19-17-15-13-11-9-7-2/h14,16-17,19-20,22,25-26,29,31,40,43,47H,6-13,15,18,21,23-24,27-28,30,32-39,41-42,44-46H2,1-5H3/p+1/b16-14-,19-17-,22-20-,26-25-,31-29-,43-40-. The van der Waals surface area contributed by atoms with Gasteiger partial charge in [-0.05, 0) is 96.0 Å². The summed E-state index contributed by atoms with van der Waals surface area (Å²) < 4.78 is 34.7. The molecule has 57 heavy (non-hydrogen) atoms. The smallest absolute Gasteiger partial charge is 0.472 e. The van der Waals surface area contributed by atoms with Crippen molar-refractivity contribution in [2.75, 3.05) is 47.5 Å². The molecule has 0 aromatic rings. The summed E-state index contributed by atoms with van der Waals surface area (Å²) in [6, 6.07) is 0. The fourth-order valence-corrected chi connectivity index (χ4v) is 6.47. The van der Waals surface area contributed by atoms with Crippen LogP contribution in [0.25, 0.3) is 0 Å². The quantitative estimate of drug-likeness (QED) is 0.0164. The summed E-state index contributed by atoms with van der Waals surface area (Å²) in [5.41, 5.74) is 0. The van der Waals surface area contributed by atoms with Gasteiger partial charge in [-0.15, -0.1) is 0 Å². The van der Waals surface area contributed by atoms with E-state index in [2.05, 4.69) is 74.6 Å². The Morgan fingerprint density at radius 3 is 1.51 bits per heavy atom. The number of phosphoric acid groups is 1. The molecule has 330 valence electrons. The van der Waals surface area contributed by atoms with E-state index in [4.69, 9.17) is 18.5 Å². The van der Waals surface area contributed by atoms with Gasteiger partial charge in [0, 0.05) is 6.42 Å². The monoisotopic (exact) mass is 821 g/mol. The highest BCUT2D eigenvalue weighted by Crippen LogP contribution is 2.43. The van der Waals surface area contributed by atoms with Crippen LogP contribution in [0.1, 0.15) is 174 Å². The van der Waals surface area contributed by atoms with Crippen LogP contribution in [-0.4, -0.2) is 69.0 Å². The van der Waals surface area contributed by atoms with Crippen LogP contribution in [0.15, 0.2) is 73.1 Å². The van der Waals surface area contributed by atoms with Gasteiger partial charge in [0.1, 0.15) is 19.8 Å². The van der Waals surface area contributed by atoms with E-state index in [1.54, 1.807) is 6.26 Å². The lowest BCUT2D eigenvalue weighted by molar-refractivity contribution is -0.870. The number of carbonyl (C=O) groups excluding carboxylic acids is 1. The predicted octanol–water partition coefficient (Wildman–Crippen LogP) is 13.8. The van der Waals surface area contributed by atoms with Crippen molar-refractivity contribution in [3.63, 3.8) is 0 Å². The van der Waals surface area contributed by atoms with Gasteiger partial charge in [0.2, 0.25) is 0 Å².